The Hall–Kier alpha value is -0.400. The van der Waals surface area contributed by atoms with Gasteiger partial charge in [0.1, 0.15) is 0 Å². The van der Waals surface area contributed by atoms with Gasteiger partial charge in [0.05, 0.1) is 4.92 Å². The van der Waals surface area contributed by atoms with E-state index in [1.165, 1.54) is 35.5 Å². The number of hydrogen-bond acceptors (Lipinski definition) is 5. The van der Waals surface area contributed by atoms with E-state index in [1.807, 2.05) is 6.07 Å². The maximum atomic E-state index is 10.9. The third kappa shape index (κ3) is 4.07. The van der Waals surface area contributed by atoms with E-state index in [0.717, 1.165) is 26.2 Å². The van der Waals surface area contributed by atoms with Crippen LogP contribution in [0.1, 0.15) is 30.2 Å². The molecule has 1 saturated carbocycles. The van der Waals surface area contributed by atoms with Crippen LogP contribution in [-0.2, 0) is 0 Å². The average Bonchev–Trinajstić information content (AvgIpc) is 2.84. The van der Waals surface area contributed by atoms with Crippen LogP contribution in [-0.4, -0.2) is 36.0 Å². The van der Waals surface area contributed by atoms with Gasteiger partial charge in [-0.2, -0.15) is 0 Å². The van der Waals surface area contributed by atoms with Crippen molar-refractivity contribution in [1.82, 2.24) is 10.2 Å². The maximum absolute atomic E-state index is 10.9. The lowest BCUT2D eigenvalue weighted by Crippen LogP contribution is -2.47. The van der Waals surface area contributed by atoms with Gasteiger partial charge in [-0.1, -0.05) is 17.8 Å². The summed E-state index contributed by atoms with van der Waals surface area (Å²) in [6.45, 7) is 4.15. The second-order valence-corrected chi connectivity index (χ2v) is 6.45. The Labute approximate surface area is 141 Å². The summed E-state index contributed by atoms with van der Waals surface area (Å²) in [5.74, 6) is 0.691. The summed E-state index contributed by atoms with van der Waals surface area (Å²) in [6.07, 6.45) is 3.83. The summed E-state index contributed by atoms with van der Waals surface area (Å²) in [5.41, 5.74) is 0. The molecule has 2 heterocycles. The minimum absolute atomic E-state index is 0. The molecule has 1 saturated heterocycles. The Balaban J connectivity index is 0.00000110. The van der Waals surface area contributed by atoms with Crippen LogP contribution in [0.15, 0.2) is 12.1 Å². The minimum atomic E-state index is -0.274. The highest BCUT2D eigenvalue weighted by Crippen LogP contribution is 2.44. The fourth-order valence-corrected chi connectivity index (χ4v) is 4.08. The van der Waals surface area contributed by atoms with Crippen LogP contribution in [0.3, 0.4) is 0 Å². The number of rotatable bonds is 4. The predicted molar refractivity (Wildman–Crippen MR) is 90.0 cm³/mol. The van der Waals surface area contributed by atoms with Crippen LogP contribution >= 0.6 is 36.2 Å². The molecule has 0 unspecified atom stereocenters. The molecule has 3 rings (SSSR count). The zero-order valence-electron chi connectivity index (χ0n) is 11.7. The molecule has 0 radical (unpaired) electrons. The molecular formula is C13H21Cl2N3O2S. The zero-order valence-corrected chi connectivity index (χ0v) is 14.1. The van der Waals surface area contributed by atoms with Crippen LogP contribution in [0.25, 0.3) is 0 Å². The predicted octanol–water partition coefficient (Wildman–Crippen LogP) is 3.25. The number of nitro groups is 1. The van der Waals surface area contributed by atoms with Gasteiger partial charge in [-0.25, -0.2) is 0 Å². The topological polar surface area (TPSA) is 58.4 Å². The van der Waals surface area contributed by atoms with Gasteiger partial charge in [0.15, 0.2) is 0 Å². The first-order chi connectivity index (χ1) is 9.25. The molecule has 1 aliphatic carbocycles. The van der Waals surface area contributed by atoms with E-state index in [4.69, 9.17) is 0 Å². The van der Waals surface area contributed by atoms with Gasteiger partial charge in [-0.3, -0.25) is 15.0 Å². The number of halogens is 2. The van der Waals surface area contributed by atoms with E-state index in [0.29, 0.717) is 12.0 Å². The molecule has 0 spiro atoms. The number of piperazine rings is 1. The molecule has 1 aliphatic heterocycles. The van der Waals surface area contributed by atoms with Crippen LogP contribution < -0.4 is 5.32 Å². The van der Waals surface area contributed by atoms with Gasteiger partial charge < -0.3 is 5.32 Å². The Morgan fingerprint density at radius 1 is 1.29 bits per heavy atom. The molecular weight excluding hydrogens is 333 g/mol. The molecule has 1 N–H and O–H groups in total. The van der Waals surface area contributed by atoms with Crippen molar-refractivity contribution in [3.63, 3.8) is 0 Å². The van der Waals surface area contributed by atoms with E-state index in [2.05, 4.69) is 10.2 Å². The number of nitrogens with zero attached hydrogens (tertiary/aromatic N) is 2. The Kier molecular flexibility index (Phi) is 7.36. The van der Waals surface area contributed by atoms with Crippen molar-refractivity contribution in [2.75, 3.05) is 26.2 Å². The number of nitrogens with one attached hydrogen (secondary N) is 1. The highest BCUT2D eigenvalue weighted by atomic mass is 35.5. The molecule has 1 aromatic heterocycles. The fourth-order valence-electron chi connectivity index (χ4n) is 3.03. The van der Waals surface area contributed by atoms with Crippen LogP contribution in [0, 0.1) is 16.0 Å². The van der Waals surface area contributed by atoms with Crippen molar-refractivity contribution < 1.29 is 4.92 Å². The van der Waals surface area contributed by atoms with E-state index < -0.39 is 0 Å². The maximum Gasteiger partial charge on any atom is 0.324 e. The highest BCUT2D eigenvalue weighted by molar-refractivity contribution is 7.15. The van der Waals surface area contributed by atoms with Crippen molar-refractivity contribution in [3.8, 4) is 0 Å². The lowest BCUT2D eigenvalue weighted by atomic mass is 9.78. The normalized spacial score (nSPS) is 20.8. The zero-order chi connectivity index (χ0) is 13.2. The third-order valence-electron chi connectivity index (χ3n) is 4.23. The summed E-state index contributed by atoms with van der Waals surface area (Å²) in [7, 11) is 0. The van der Waals surface area contributed by atoms with Gasteiger partial charge in [-0.05, 0) is 24.8 Å². The quantitative estimate of drug-likeness (QED) is 0.666. The first kappa shape index (κ1) is 18.6. The molecule has 8 heteroatoms. The summed E-state index contributed by atoms with van der Waals surface area (Å²) in [6, 6.07) is 4.02. The molecule has 21 heavy (non-hydrogen) atoms. The molecule has 0 aromatic carbocycles. The molecule has 120 valence electrons. The molecule has 5 nitrogen and oxygen atoms in total. The van der Waals surface area contributed by atoms with E-state index in [1.54, 1.807) is 6.07 Å². The molecule has 1 atom stereocenters. The number of thiophene rings is 1. The molecule has 2 fully saturated rings. The average molecular weight is 354 g/mol. The summed E-state index contributed by atoms with van der Waals surface area (Å²) in [4.78, 5) is 14.3. The number of hydrogen-bond donors (Lipinski definition) is 1. The van der Waals surface area contributed by atoms with Crippen molar-refractivity contribution in [2.24, 2.45) is 5.92 Å². The Morgan fingerprint density at radius 2 is 1.95 bits per heavy atom. The molecule has 0 bridgehead atoms. The van der Waals surface area contributed by atoms with Crippen LogP contribution in [0.2, 0.25) is 0 Å². The second kappa shape index (κ2) is 8.29. The monoisotopic (exact) mass is 353 g/mol. The fraction of sp³-hybridized carbons (Fsp3) is 0.692. The Morgan fingerprint density at radius 3 is 2.43 bits per heavy atom. The summed E-state index contributed by atoms with van der Waals surface area (Å²) in [5, 5.41) is 14.5. The lowest BCUT2D eigenvalue weighted by molar-refractivity contribution is -0.380. The van der Waals surface area contributed by atoms with Gasteiger partial charge in [-0.15, -0.1) is 24.8 Å². The first-order valence-corrected chi connectivity index (χ1v) is 7.76. The minimum Gasteiger partial charge on any atom is -0.314 e. The van der Waals surface area contributed by atoms with Gasteiger partial charge in [0.25, 0.3) is 0 Å². The molecule has 0 amide bonds. The van der Waals surface area contributed by atoms with E-state index in [9.17, 15) is 10.1 Å². The van der Waals surface area contributed by atoms with Gasteiger partial charge in [0.2, 0.25) is 0 Å². The van der Waals surface area contributed by atoms with Crippen LogP contribution in [0.5, 0.6) is 0 Å². The summed E-state index contributed by atoms with van der Waals surface area (Å²) < 4.78 is 0. The lowest BCUT2D eigenvalue weighted by Gasteiger charge is -2.42. The first-order valence-electron chi connectivity index (χ1n) is 6.94. The second-order valence-electron chi connectivity index (χ2n) is 5.35. The standard InChI is InChI=1S/C13H19N3O2S.2ClH/c17-16(18)12-5-4-11(19-12)13(10-2-1-3-10)15-8-6-14-7-9-15;;/h4-5,10,13-14H,1-3,6-9H2;2*1H/t13-;;/m0../s1. The molecule has 1 aromatic rings. The van der Waals surface area contributed by atoms with Gasteiger partial charge in [0, 0.05) is 43.2 Å². The highest BCUT2D eigenvalue weighted by Gasteiger charge is 2.35. The third-order valence-corrected chi connectivity index (χ3v) is 5.33. The Bertz CT molecular complexity index is 462. The SMILES string of the molecule is Cl.Cl.O=[N+]([O-])c1ccc([C@H](C2CCC2)N2CCNCC2)s1. The smallest absolute Gasteiger partial charge is 0.314 e. The largest absolute Gasteiger partial charge is 0.324 e. The van der Waals surface area contributed by atoms with Crippen molar-refractivity contribution in [2.45, 2.75) is 25.3 Å². The van der Waals surface area contributed by atoms with Crippen molar-refractivity contribution in [3.05, 3.63) is 27.1 Å². The van der Waals surface area contributed by atoms with Crippen LogP contribution in [0.4, 0.5) is 5.00 Å². The van der Waals surface area contributed by atoms with E-state index >= 15 is 0 Å². The molecule has 2 aliphatic rings. The summed E-state index contributed by atoms with van der Waals surface area (Å²) >= 11 is 1.36. The van der Waals surface area contributed by atoms with E-state index in [-0.39, 0.29) is 34.7 Å². The van der Waals surface area contributed by atoms with Gasteiger partial charge >= 0.3 is 5.00 Å². The van der Waals surface area contributed by atoms with Crippen molar-refractivity contribution >= 4 is 41.2 Å². The van der Waals surface area contributed by atoms with Crippen molar-refractivity contribution in [1.29, 1.82) is 0 Å².